The number of epoxide rings is 1. The van der Waals surface area contributed by atoms with E-state index in [1.807, 2.05) is 0 Å². The molecule has 4 aliphatic rings. The minimum absolute atomic E-state index is 0.137. The minimum atomic E-state index is -1.18. The Morgan fingerprint density at radius 1 is 1.17 bits per heavy atom. The van der Waals surface area contributed by atoms with Gasteiger partial charge in [0.2, 0.25) is 5.79 Å². The number of rotatable bonds is 0. The van der Waals surface area contributed by atoms with Gasteiger partial charge in [0.1, 0.15) is 6.10 Å². The Hall–Kier alpha value is -0.640. The predicted molar refractivity (Wildman–Crippen MR) is 89.9 cm³/mol. The molecule has 3 nitrogen and oxygen atoms in total. The van der Waals surface area contributed by atoms with Crippen molar-refractivity contribution in [2.45, 2.75) is 83.7 Å². The highest BCUT2D eigenvalue weighted by atomic mass is 16.7. The van der Waals surface area contributed by atoms with Crippen LogP contribution in [0.2, 0.25) is 0 Å². The summed E-state index contributed by atoms with van der Waals surface area (Å²) in [6.45, 7) is 9.70. The molecule has 4 rings (SSSR count). The molecule has 5 unspecified atom stereocenters. The van der Waals surface area contributed by atoms with Gasteiger partial charge in [-0.15, -0.1) is 0 Å². The van der Waals surface area contributed by atoms with Crippen LogP contribution >= 0.6 is 0 Å². The Bertz CT molecular complexity index is 592. The topological polar surface area (TPSA) is 42.0 Å². The fourth-order valence-corrected chi connectivity index (χ4v) is 5.10. The number of fused-ring (bicyclic) bond motifs is 2. The number of ether oxygens (including phenoxy) is 2. The van der Waals surface area contributed by atoms with Crippen LogP contribution in [0.5, 0.6) is 0 Å². The normalized spacial score (nSPS) is 52.1. The maximum Gasteiger partial charge on any atom is 0.219 e. The fraction of sp³-hybridized carbons (Fsp3) is 0.800. The molecule has 2 aliphatic carbocycles. The van der Waals surface area contributed by atoms with Crippen molar-refractivity contribution < 1.29 is 14.6 Å². The van der Waals surface area contributed by atoms with E-state index < -0.39 is 5.79 Å². The second kappa shape index (κ2) is 4.93. The largest absolute Gasteiger partial charge is 0.360 e. The Balaban J connectivity index is 1.79. The molecule has 1 fully saturated rings. The zero-order chi connectivity index (χ0) is 16.5. The van der Waals surface area contributed by atoms with Gasteiger partial charge in [0, 0.05) is 0 Å². The second-order valence-electron chi connectivity index (χ2n) is 8.70. The van der Waals surface area contributed by atoms with E-state index in [4.69, 9.17) is 9.47 Å². The lowest BCUT2D eigenvalue weighted by Gasteiger charge is -2.42. The standard InChI is InChI=1S/C20H30O3/c1-13-6-5-10-19(4)17(23-19)20(21)15-8-7-14(2)18(3,11-9-13)16(15)12-22-20/h6,14,17,21H,5,7-12H2,1-4H3/b13-6-. The van der Waals surface area contributed by atoms with Crippen LogP contribution in [0.3, 0.4) is 0 Å². The van der Waals surface area contributed by atoms with E-state index in [0.717, 1.165) is 44.1 Å². The maximum atomic E-state index is 11.3. The van der Waals surface area contributed by atoms with Crippen molar-refractivity contribution in [1.82, 2.24) is 0 Å². The predicted octanol–water partition coefficient (Wildman–Crippen LogP) is 4.12. The summed E-state index contributed by atoms with van der Waals surface area (Å²) in [6.07, 6.45) is 8.51. The average Bonchev–Trinajstić information content (AvgIpc) is 3.05. The Labute approximate surface area is 139 Å². The first-order chi connectivity index (χ1) is 10.8. The molecule has 4 bridgehead atoms. The number of aliphatic hydroxyl groups is 1. The van der Waals surface area contributed by atoms with Crippen LogP contribution < -0.4 is 0 Å². The quantitative estimate of drug-likeness (QED) is 0.540. The van der Waals surface area contributed by atoms with E-state index in [1.165, 1.54) is 11.1 Å². The van der Waals surface area contributed by atoms with Crippen LogP contribution in [0.1, 0.15) is 66.2 Å². The van der Waals surface area contributed by atoms with Crippen LogP contribution in [-0.2, 0) is 9.47 Å². The van der Waals surface area contributed by atoms with E-state index in [1.54, 1.807) is 0 Å². The van der Waals surface area contributed by atoms with Crippen LogP contribution in [0, 0.1) is 11.3 Å². The van der Waals surface area contributed by atoms with Crippen molar-refractivity contribution in [2.75, 3.05) is 6.61 Å². The number of hydrogen-bond donors (Lipinski definition) is 1. The number of allylic oxidation sites excluding steroid dienone is 2. The highest BCUT2D eigenvalue weighted by Gasteiger charge is 2.67. The molecular formula is C20H30O3. The molecule has 2 aliphatic heterocycles. The molecule has 5 atom stereocenters. The van der Waals surface area contributed by atoms with Gasteiger partial charge in [-0.25, -0.2) is 0 Å². The zero-order valence-electron chi connectivity index (χ0n) is 14.9. The lowest BCUT2D eigenvalue weighted by molar-refractivity contribution is -0.169. The van der Waals surface area contributed by atoms with E-state index in [2.05, 4.69) is 33.8 Å². The molecule has 3 heteroatoms. The van der Waals surface area contributed by atoms with Crippen molar-refractivity contribution in [1.29, 1.82) is 0 Å². The van der Waals surface area contributed by atoms with E-state index in [9.17, 15) is 5.11 Å². The molecule has 23 heavy (non-hydrogen) atoms. The Kier molecular flexibility index (Phi) is 3.40. The van der Waals surface area contributed by atoms with Gasteiger partial charge >= 0.3 is 0 Å². The van der Waals surface area contributed by atoms with E-state index in [-0.39, 0.29) is 17.1 Å². The highest BCUT2D eigenvalue weighted by molar-refractivity contribution is 5.38. The maximum absolute atomic E-state index is 11.3. The average molecular weight is 318 g/mol. The van der Waals surface area contributed by atoms with E-state index >= 15 is 0 Å². The summed E-state index contributed by atoms with van der Waals surface area (Å²) < 4.78 is 12.0. The van der Waals surface area contributed by atoms with Crippen LogP contribution in [-0.4, -0.2) is 29.2 Å². The molecule has 0 aromatic heterocycles. The lowest BCUT2D eigenvalue weighted by Crippen LogP contribution is -2.42. The summed E-state index contributed by atoms with van der Waals surface area (Å²) >= 11 is 0. The molecule has 0 amide bonds. The van der Waals surface area contributed by atoms with Crippen LogP contribution in [0.15, 0.2) is 22.8 Å². The van der Waals surface area contributed by atoms with Gasteiger partial charge < -0.3 is 14.6 Å². The SMILES string of the molecule is C/C1=C/CCC2(C)OC2C2(O)OCC3=C2CCC(C)C3(C)CC1. The van der Waals surface area contributed by atoms with Gasteiger partial charge in [-0.1, -0.05) is 25.5 Å². The molecule has 0 radical (unpaired) electrons. The summed E-state index contributed by atoms with van der Waals surface area (Å²) in [7, 11) is 0. The molecule has 2 heterocycles. The van der Waals surface area contributed by atoms with Crippen LogP contribution in [0.4, 0.5) is 0 Å². The van der Waals surface area contributed by atoms with Gasteiger partial charge in [-0.05, 0) is 74.9 Å². The molecule has 0 aromatic carbocycles. The summed E-state index contributed by atoms with van der Waals surface area (Å²) in [5.74, 6) is -0.543. The molecule has 1 saturated heterocycles. The van der Waals surface area contributed by atoms with Gasteiger partial charge in [-0.3, -0.25) is 0 Å². The van der Waals surface area contributed by atoms with Gasteiger partial charge in [-0.2, -0.15) is 0 Å². The van der Waals surface area contributed by atoms with Crippen molar-refractivity contribution >= 4 is 0 Å². The van der Waals surface area contributed by atoms with Crippen molar-refractivity contribution in [2.24, 2.45) is 11.3 Å². The molecule has 0 spiro atoms. The third kappa shape index (κ3) is 2.20. The summed E-state index contributed by atoms with van der Waals surface area (Å²) in [6, 6.07) is 0. The zero-order valence-corrected chi connectivity index (χ0v) is 14.9. The number of hydrogen-bond acceptors (Lipinski definition) is 3. The molecule has 0 aromatic rings. The third-order valence-electron chi connectivity index (χ3n) is 7.25. The second-order valence-corrected chi connectivity index (χ2v) is 8.70. The van der Waals surface area contributed by atoms with Crippen molar-refractivity contribution in [3.8, 4) is 0 Å². The third-order valence-corrected chi connectivity index (χ3v) is 7.25. The molecule has 0 saturated carbocycles. The van der Waals surface area contributed by atoms with Gasteiger partial charge in [0.05, 0.1) is 12.2 Å². The molecule has 128 valence electrons. The monoisotopic (exact) mass is 318 g/mol. The Morgan fingerprint density at radius 2 is 1.96 bits per heavy atom. The first-order valence-electron chi connectivity index (χ1n) is 9.22. The first kappa shape index (κ1) is 15.9. The highest BCUT2D eigenvalue weighted by Crippen LogP contribution is 2.59. The summed E-state index contributed by atoms with van der Waals surface area (Å²) in [5, 5.41) is 11.3. The summed E-state index contributed by atoms with van der Waals surface area (Å²) in [5.41, 5.74) is 3.89. The van der Waals surface area contributed by atoms with Crippen LogP contribution in [0.25, 0.3) is 0 Å². The first-order valence-corrected chi connectivity index (χ1v) is 9.22. The van der Waals surface area contributed by atoms with Gasteiger partial charge in [0.25, 0.3) is 0 Å². The minimum Gasteiger partial charge on any atom is -0.360 e. The van der Waals surface area contributed by atoms with Crippen molar-refractivity contribution in [3.63, 3.8) is 0 Å². The molecular weight excluding hydrogens is 288 g/mol. The Morgan fingerprint density at radius 3 is 2.74 bits per heavy atom. The van der Waals surface area contributed by atoms with E-state index in [0.29, 0.717) is 12.5 Å². The van der Waals surface area contributed by atoms with Gasteiger partial charge in [0.15, 0.2) is 0 Å². The summed E-state index contributed by atoms with van der Waals surface area (Å²) in [4.78, 5) is 0. The fourth-order valence-electron chi connectivity index (χ4n) is 5.10. The van der Waals surface area contributed by atoms with Crippen molar-refractivity contribution in [3.05, 3.63) is 22.8 Å². The smallest absolute Gasteiger partial charge is 0.219 e. The lowest BCUT2D eigenvalue weighted by atomic mass is 9.62. The molecule has 1 N–H and O–H groups in total.